The summed E-state index contributed by atoms with van der Waals surface area (Å²) in [5.74, 6) is 0.259. The number of aryl methyl sites for hydroxylation is 1. The number of carbonyl (C=O) groups is 2. The third-order valence-electron chi connectivity index (χ3n) is 7.12. The zero-order chi connectivity index (χ0) is 28.6. The SMILES string of the molecule is C=CCOc1ccc(C2C(=C(O)c3ccc(OCC(C)C)cc3C)C(=O)C(=O)N2CCCN2CCOCC2)cc1. The zero-order valence-electron chi connectivity index (χ0n) is 23.7. The summed E-state index contributed by atoms with van der Waals surface area (Å²) in [5, 5.41) is 11.5. The van der Waals surface area contributed by atoms with Crippen LogP contribution in [0.4, 0.5) is 0 Å². The van der Waals surface area contributed by atoms with E-state index < -0.39 is 17.7 Å². The van der Waals surface area contributed by atoms with E-state index in [1.54, 1.807) is 35.2 Å². The standard InChI is InChI=1S/C32H40N2O6/c1-5-17-39-25-9-7-24(8-10-25)29-28(30(35)27-12-11-26(20-23(27)4)40-21-22(2)3)31(36)32(37)34(29)14-6-13-33-15-18-38-19-16-33/h5,7-12,20,22,29,35H,1,6,13-19,21H2,2-4H3. The van der Waals surface area contributed by atoms with Crippen LogP contribution in [-0.4, -0.2) is 79.2 Å². The Balaban J connectivity index is 1.66. The number of hydrogen-bond donors (Lipinski definition) is 1. The molecule has 0 bridgehead atoms. The van der Waals surface area contributed by atoms with Gasteiger partial charge in [0.05, 0.1) is 31.4 Å². The Morgan fingerprint density at radius 3 is 2.42 bits per heavy atom. The summed E-state index contributed by atoms with van der Waals surface area (Å²) in [4.78, 5) is 30.7. The predicted molar refractivity (Wildman–Crippen MR) is 155 cm³/mol. The highest BCUT2D eigenvalue weighted by Gasteiger charge is 2.46. The van der Waals surface area contributed by atoms with Crippen LogP contribution in [0.15, 0.2) is 60.7 Å². The van der Waals surface area contributed by atoms with Gasteiger partial charge in [0.2, 0.25) is 0 Å². The number of rotatable bonds is 12. The highest BCUT2D eigenvalue weighted by Crippen LogP contribution is 2.40. The van der Waals surface area contributed by atoms with Crippen molar-refractivity contribution in [1.82, 2.24) is 9.80 Å². The van der Waals surface area contributed by atoms with E-state index in [4.69, 9.17) is 14.2 Å². The molecule has 8 nitrogen and oxygen atoms in total. The van der Waals surface area contributed by atoms with E-state index in [1.807, 2.05) is 25.1 Å². The van der Waals surface area contributed by atoms with Crippen LogP contribution in [0, 0.1) is 12.8 Å². The normalized spacial score (nSPS) is 19.3. The average Bonchev–Trinajstić information content (AvgIpc) is 3.20. The number of carbonyl (C=O) groups excluding carboxylic acids is 2. The molecule has 2 heterocycles. The summed E-state index contributed by atoms with van der Waals surface area (Å²) in [7, 11) is 0. The number of amides is 1. The molecule has 1 N–H and O–H groups in total. The van der Waals surface area contributed by atoms with Gasteiger partial charge in [0.1, 0.15) is 23.9 Å². The number of ketones is 1. The molecule has 1 unspecified atom stereocenters. The van der Waals surface area contributed by atoms with Crippen molar-refractivity contribution < 1.29 is 28.9 Å². The van der Waals surface area contributed by atoms with Crippen LogP contribution in [0.3, 0.4) is 0 Å². The Bertz CT molecular complexity index is 1230. The number of Topliss-reactive ketones (excluding diaryl/α,β-unsaturated/α-hetero) is 1. The molecule has 2 aromatic carbocycles. The van der Waals surface area contributed by atoms with Gasteiger partial charge in [-0.25, -0.2) is 0 Å². The van der Waals surface area contributed by atoms with Crippen LogP contribution in [0.5, 0.6) is 11.5 Å². The summed E-state index contributed by atoms with van der Waals surface area (Å²) < 4.78 is 16.9. The van der Waals surface area contributed by atoms with Gasteiger partial charge in [-0.3, -0.25) is 14.5 Å². The predicted octanol–water partition coefficient (Wildman–Crippen LogP) is 4.74. The van der Waals surface area contributed by atoms with E-state index >= 15 is 0 Å². The second kappa shape index (κ2) is 13.6. The molecule has 0 spiro atoms. The van der Waals surface area contributed by atoms with Gasteiger partial charge in [-0.05, 0) is 60.7 Å². The van der Waals surface area contributed by atoms with Gasteiger partial charge in [-0.15, -0.1) is 0 Å². The molecule has 1 atom stereocenters. The molecular formula is C32H40N2O6. The monoisotopic (exact) mass is 548 g/mol. The maximum absolute atomic E-state index is 13.4. The fraction of sp³-hybridized carbons (Fsp3) is 0.438. The maximum Gasteiger partial charge on any atom is 0.295 e. The molecule has 0 radical (unpaired) electrons. The van der Waals surface area contributed by atoms with Crippen LogP contribution < -0.4 is 9.47 Å². The van der Waals surface area contributed by atoms with Gasteiger partial charge in [0.25, 0.3) is 11.7 Å². The fourth-order valence-electron chi connectivity index (χ4n) is 5.05. The summed E-state index contributed by atoms with van der Waals surface area (Å²) in [6.07, 6.45) is 2.36. The number of hydrogen-bond acceptors (Lipinski definition) is 7. The van der Waals surface area contributed by atoms with Gasteiger partial charge in [0, 0.05) is 31.7 Å². The lowest BCUT2D eigenvalue weighted by atomic mass is 9.93. The lowest BCUT2D eigenvalue weighted by molar-refractivity contribution is -0.140. The largest absolute Gasteiger partial charge is 0.507 e. The van der Waals surface area contributed by atoms with Crippen molar-refractivity contribution in [2.75, 3.05) is 52.6 Å². The van der Waals surface area contributed by atoms with Crippen molar-refractivity contribution in [2.45, 2.75) is 33.2 Å². The van der Waals surface area contributed by atoms with E-state index in [2.05, 4.69) is 25.3 Å². The Kier molecular flexibility index (Phi) is 10.0. The minimum atomic E-state index is -0.714. The van der Waals surface area contributed by atoms with Crippen LogP contribution >= 0.6 is 0 Å². The molecule has 4 rings (SSSR count). The quantitative estimate of drug-likeness (QED) is 0.177. The van der Waals surface area contributed by atoms with Crippen molar-refractivity contribution in [3.05, 3.63) is 77.4 Å². The van der Waals surface area contributed by atoms with Crippen LogP contribution in [0.25, 0.3) is 5.76 Å². The van der Waals surface area contributed by atoms with E-state index in [0.29, 0.717) is 62.4 Å². The molecule has 214 valence electrons. The first-order valence-corrected chi connectivity index (χ1v) is 14.0. The van der Waals surface area contributed by atoms with Gasteiger partial charge in [0.15, 0.2) is 0 Å². The number of aliphatic hydroxyl groups is 1. The van der Waals surface area contributed by atoms with Crippen molar-refractivity contribution in [3.63, 3.8) is 0 Å². The van der Waals surface area contributed by atoms with E-state index in [9.17, 15) is 14.7 Å². The molecular weight excluding hydrogens is 508 g/mol. The molecule has 40 heavy (non-hydrogen) atoms. The Labute approximate surface area is 236 Å². The van der Waals surface area contributed by atoms with Crippen molar-refractivity contribution in [2.24, 2.45) is 5.92 Å². The van der Waals surface area contributed by atoms with Gasteiger partial charge in [-0.2, -0.15) is 0 Å². The van der Waals surface area contributed by atoms with Crippen molar-refractivity contribution in [1.29, 1.82) is 0 Å². The molecule has 0 saturated carbocycles. The summed E-state index contributed by atoms with van der Waals surface area (Å²) in [6, 6.07) is 11.9. The number of benzene rings is 2. The molecule has 2 aliphatic rings. The summed E-state index contributed by atoms with van der Waals surface area (Å²) in [5.41, 5.74) is 2.08. The van der Waals surface area contributed by atoms with Crippen molar-refractivity contribution in [3.8, 4) is 11.5 Å². The first-order valence-electron chi connectivity index (χ1n) is 14.0. The van der Waals surface area contributed by atoms with Crippen LogP contribution in [-0.2, 0) is 14.3 Å². The molecule has 1 amide bonds. The van der Waals surface area contributed by atoms with E-state index in [-0.39, 0.29) is 11.3 Å². The number of likely N-dealkylation sites (tertiary alicyclic amines) is 1. The van der Waals surface area contributed by atoms with Gasteiger partial charge >= 0.3 is 0 Å². The average molecular weight is 549 g/mol. The van der Waals surface area contributed by atoms with Crippen LogP contribution in [0.1, 0.15) is 43.0 Å². The smallest absolute Gasteiger partial charge is 0.295 e. The molecule has 2 fully saturated rings. The molecule has 2 aliphatic heterocycles. The van der Waals surface area contributed by atoms with E-state index in [0.717, 1.165) is 30.8 Å². The zero-order valence-corrected chi connectivity index (χ0v) is 23.7. The van der Waals surface area contributed by atoms with Crippen molar-refractivity contribution >= 4 is 17.4 Å². The highest BCUT2D eigenvalue weighted by molar-refractivity contribution is 6.46. The topological polar surface area (TPSA) is 88.5 Å². The fourth-order valence-corrected chi connectivity index (χ4v) is 5.05. The number of aliphatic hydroxyl groups excluding tert-OH is 1. The van der Waals surface area contributed by atoms with Gasteiger partial charge in [-0.1, -0.05) is 38.6 Å². The molecule has 0 aliphatic carbocycles. The molecule has 0 aromatic heterocycles. The molecule has 8 heteroatoms. The number of ether oxygens (including phenoxy) is 3. The van der Waals surface area contributed by atoms with Crippen LogP contribution in [0.2, 0.25) is 0 Å². The first kappa shape index (κ1) is 29.4. The first-order chi connectivity index (χ1) is 19.3. The highest BCUT2D eigenvalue weighted by atomic mass is 16.5. The third kappa shape index (κ3) is 6.92. The van der Waals surface area contributed by atoms with Gasteiger partial charge < -0.3 is 24.2 Å². The minimum absolute atomic E-state index is 0.0927. The lowest BCUT2D eigenvalue weighted by Gasteiger charge is -2.29. The second-order valence-electron chi connectivity index (χ2n) is 10.7. The van der Waals surface area contributed by atoms with E-state index in [1.165, 1.54) is 0 Å². The lowest BCUT2D eigenvalue weighted by Crippen LogP contribution is -2.38. The Hall–Kier alpha value is -3.62. The minimum Gasteiger partial charge on any atom is -0.507 e. The second-order valence-corrected chi connectivity index (χ2v) is 10.7. The Morgan fingerprint density at radius 2 is 1.77 bits per heavy atom. The maximum atomic E-state index is 13.4. The Morgan fingerprint density at radius 1 is 1.07 bits per heavy atom. The third-order valence-corrected chi connectivity index (χ3v) is 7.12. The molecule has 2 aromatic rings. The number of nitrogens with zero attached hydrogens (tertiary/aromatic N) is 2. The summed E-state index contributed by atoms with van der Waals surface area (Å²) >= 11 is 0. The summed E-state index contributed by atoms with van der Waals surface area (Å²) in [6.45, 7) is 14.9. The molecule has 2 saturated heterocycles. The number of morpholine rings is 1.